The minimum atomic E-state index is 0.229. The standard InChI is InChI=1S/C25H25N3O/c1-2-7-24-27-22-10-5-6-11-23(29)25(22)28(24)17-18-12-14-19(15-13-18)21-9-4-3-8-20(21)16-26/h3-4,8-9,12-15H,2,5-7,10-11,17H2,1H3. The highest BCUT2D eigenvalue weighted by atomic mass is 16.1. The van der Waals surface area contributed by atoms with Gasteiger partial charge in [-0.2, -0.15) is 5.26 Å². The van der Waals surface area contributed by atoms with Crippen molar-refractivity contribution in [2.75, 3.05) is 0 Å². The Bertz CT molecular complexity index is 1070. The third kappa shape index (κ3) is 3.86. The average Bonchev–Trinajstić information content (AvgIpc) is 2.97. The number of imidazole rings is 1. The van der Waals surface area contributed by atoms with Gasteiger partial charge < -0.3 is 4.57 Å². The molecule has 0 radical (unpaired) electrons. The summed E-state index contributed by atoms with van der Waals surface area (Å²) in [6, 6.07) is 18.2. The van der Waals surface area contributed by atoms with E-state index >= 15 is 0 Å². The largest absolute Gasteiger partial charge is 0.321 e. The van der Waals surface area contributed by atoms with E-state index in [9.17, 15) is 10.1 Å². The highest BCUT2D eigenvalue weighted by molar-refractivity contribution is 5.96. The van der Waals surface area contributed by atoms with E-state index in [4.69, 9.17) is 4.98 Å². The number of aromatic nitrogens is 2. The van der Waals surface area contributed by atoms with Gasteiger partial charge in [0, 0.05) is 19.4 Å². The maximum Gasteiger partial charge on any atom is 0.181 e. The van der Waals surface area contributed by atoms with Crippen LogP contribution in [0.3, 0.4) is 0 Å². The van der Waals surface area contributed by atoms with Gasteiger partial charge in [-0.15, -0.1) is 0 Å². The van der Waals surface area contributed by atoms with Crippen molar-refractivity contribution in [3.8, 4) is 17.2 Å². The Labute approximate surface area is 171 Å². The molecule has 0 spiro atoms. The number of fused-ring (bicyclic) bond motifs is 1. The fourth-order valence-corrected chi connectivity index (χ4v) is 4.13. The van der Waals surface area contributed by atoms with Crippen LogP contribution >= 0.6 is 0 Å². The molecule has 0 fully saturated rings. The lowest BCUT2D eigenvalue weighted by atomic mass is 9.99. The van der Waals surface area contributed by atoms with Crippen LogP contribution in [0, 0.1) is 11.3 Å². The van der Waals surface area contributed by atoms with Gasteiger partial charge in [-0.25, -0.2) is 4.98 Å². The Kier molecular flexibility index (Phi) is 5.57. The van der Waals surface area contributed by atoms with Crippen molar-refractivity contribution in [2.24, 2.45) is 0 Å². The molecule has 0 unspecified atom stereocenters. The van der Waals surface area contributed by atoms with Gasteiger partial charge in [0.1, 0.15) is 11.5 Å². The van der Waals surface area contributed by atoms with Gasteiger partial charge in [0.05, 0.1) is 17.3 Å². The van der Waals surface area contributed by atoms with Crippen molar-refractivity contribution < 1.29 is 4.79 Å². The van der Waals surface area contributed by atoms with Crippen LogP contribution in [0.5, 0.6) is 0 Å². The van der Waals surface area contributed by atoms with Crippen molar-refractivity contribution in [3.05, 3.63) is 76.9 Å². The van der Waals surface area contributed by atoms with Crippen LogP contribution in [-0.2, 0) is 19.4 Å². The van der Waals surface area contributed by atoms with Crippen molar-refractivity contribution in [1.82, 2.24) is 9.55 Å². The molecule has 1 aliphatic carbocycles. The lowest BCUT2D eigenvalue weighted by molar-refractivity contribution is 0.0973. The second-order valence-corrected chi connectivity index (χ2v) is 7.64. The van der Waals surface area contributed by atoms with E-state index in [1.807, 2.05) is 24.3 Å². The van der Waals surface area contributed by atoms with Crippen molar-refractivity contribution in [2.45, 2.75) is 52.0 Å². The zero-order chi connectivity index (χ0) is 20.2. The highest BCUT2D eigenvalue weighted by Crippen LogP contribution is 2.26. The molecule has 0 amide bonds. The van der Waals surface area contributed by atoms with Gasteiger partial charge in [0.2, 0.25) is 0 Å². The van der Waals surface area contributed by atoms with Crippen LogP contribution in [0.25, 0.3) is 11.1 Å². The fraction of sp³-hybridized carbons (Fsp3) is 0.320. The molecule has 1 aliphatic rings. The van der Waals surface area contributed by atoms with Crippen LogP contribution in [0.2, 0.25) is 0 Å². The van der Waals surface area contributed by atoms with Crippen LogP contribution in [0.1, 0.15) is 65.7 Å². The zero-order valence-electron chi connectivity index (χ0n) is 16.8. The molecule has 0 saturated heterocycles. The maximum absolute atomic E-state index is 12.8. The number of Topliss-reactive ketones (excluding diaryl/α,β-unsaturated/α-hetero) is 1. The normalized spacial score (nSPS) is 13.6. The summed E-state index contributed by atoms with van der Waals surface area (Å²) < 4.78 is 2.14. The smallest absolute Gasteiger partial charge is 0.181 e. The monoisotopic (exact) mass is 383 g/mol. The molecule has 0 saturated carbocycles. The fourth-order valence-electron chi connectivity index (χ4n) is 4.13. The summed E-state index contributed by atoms with van der Waals surface area (Å²) in [5, 5.41) is 9.35. The summed E-state index contributed by atoms with van der Waals surface area (Å²) in [6.07, 6.45) is 5.39. The third-order valence-electron chi connectivity index (χ3n) is 5.58. The van der Waals surface area contributed by atoms with Gasteiger partial charge in [-0.1, -0.05) is 49.4 Å². The zero-order valence-corrected chi connectivity index (χ0v) is 16.8. The number of hydrogen-bond acceptors (Lipinski definition) is 3. The Hall–Kier alpha value is -3.19. The van der Waals surface area contributed by atoms with Gasteiger partial charge in [0.25, 0.3) is 0 Å². The van der Waals surface area contributed by atoms with Gasteiger partial charge in [-0.05, 0) is 48.4 Å². The molecule has 4 heteroatoms. The molecule has 1 aromatic heterocycles. The summed E-state index contributed by atoms with van der Waals surface area (Å²) in [5.74, 6) is 1.25. The lowest BCUT2D eigenvalue weighted by Crippen LogP contribution is -2.13. The minimum Gasteiger partial charge on any atom is -0.321 e. The molecule has 3 aromatic rings. The lowest BCUT2D eigenvalue weighted by Gasteiger charge is -2.12. The first-order chi connectivity index (χ1) is 14.2. The summed E-state index contributed by atoms with van der Waals surface area (Å²) in [4.78, 5) is 17.6. The van der Waals surface area contributed by atoms with Crippen LogP contribution < -0.4 is 0 Å². The molecular formula is C25H25N3O. The third-order valence-corrected chi connectivity index (χ3v) is 5.58. The van der Waals surface area contributed by atoms with Crippen LogP contribution in [0.15, 0.2) is 48.5 Å². The first kappa shape index (κ1) is 19.1. The molecule has 2 aromatic carbocycles. The maximum atomic E-state index is 12.8. The molecule has 0 aliphatic heterocycles. The van der Waals surface area contributed by atoms with Crippen LogP contribution in [-0.4, -0.2) is 15.3 Å². The first-order valence-electron chi connectivity index (χ1n) is 10.4. The molecule has 1 heterocycles. The first-order valence-corrected chi connectivity index (χ1v) is 10.4. The molecule has 29 heavy (non-hydrogen) atoms. The number of carbonyl (C=O) groups is 1. The van der Waals surface area contributed by atoms with E-state index in [0.717, 1.165) is 66.0 Å². The van der Waals surface area contributed by atoms with E-state index in [2.05, 4.69) is 41.8 Å². The number of rotatable bonds is 5. The van der Waals surface area contributed by atoms with E-state index in [1.54, 1.807) is 0 Å². The summed E-state index contributed by atoms with van der Waals surface area (Å²) in [7, 11) is 0. The molecular weight excluding hydrogens is 358 g/mol. The van der Waals surface area contributed by atoms with Crippen molar-refractivity contribution in [3.63, 3.8) is 0 Å². The number of nitrogens with zero attached hydrogens (tertiary/aromatic N) is 3. The average molecular weight is 383 g/mol. The summed E-state index contributed by atoms with van der Waals surface area (Å²) in [5.41, 5.74) is 5.59. The van der Waals surface area contributed by atoms with Gasteiger partial charge in [-0.3, -0.25) is 4.79 Å². The van der Waals surface area contributed by atoms with Crippen LogP contribution in [0.4, 0.5) is 0 Å². The number of benzene rings is 2. The van der Waals surface area contributed by atoms with Crippen molar-refractivity contribution in [1.29, 1.82) is 5.26 Å². The number of aryl methyl sites for hydroxylation is 2. The molecule has 4 nitrogen and oxygen atoms in total. The molecule has 0 bridgehead atoms. The van der Waals surface area contributed by atoms with Gasteiger partial charge in [0.15, 0.2) is 5.78 Å². The van der Waals surface area contributed by atoms with E-state index in [1.165, 1.54) is 0 Å². The molecule has 4 rings (SSSR count). The Morgan fingerprint density at radius 3 is 2.59 bits per heavy atom. The number of ketones is 1. The van der Waals surface area contributed by atoms with Crippen molar-refractivity contribution >= 4 is 5.78 Å². The number of carbonyl (C=O) groups excluding carboxylic acids is 1. The highest BCUT2D eigenvalue weighted by Gasteiger charge is 2.24. The SMILES string of the molecule is CCCc1nc2c(n1Cc1ccc(-c3ccccc3C#N)cc1)C(=O)CCCC2. The molecule has 0 N–H and O–H groups in total. The summed E-state index contributed by atoms with van der Waals surface area (Å²) in [6.45, 7) is 2.80. The Morgan fingerprint density at radius 1 is 1.07 bits per heavy atom. The van der Waals surface area contributed by atoms with E-state index < -0.39 is 0 Å². The van der Waals surface area contributed by atoms with E-state index in [0.29, 0.717) is 18.5 Å². The Balaban J connectivity index is 1.67. The molecule has 0 atom stereocenters. The predicted octanol–water partition coefficient (Wildman–Crippen LogP) is 5.33. The van der Waals surface area contributed by atoms with Gasteiger partial charge >= 0.3 is 0 Å². The molecule has 146 valence electrons. The number of nitriles is 1. The predicted molar refractivity (Wildman–Crippen MR) is 114 cm³/mol. The second kappa shape index (κ2) is 8.45. The quantitative estimate of drug-likeness (QED) is 0.559. The number of hydrogen-bond donors (Lipinski definition) is 0. The topological polar surface area (TPSA) is 58.7 Å². The second-order valence-electron chi connectivity index (χ2n) is 7.64. The Morgan fingerprint density at radius 2 is 1.83 bits per heavy atom. The summed E-state index contributed by atoms with van der Waals surface area (Å²) >= 11 is 0. The minimum absolute atomic E-state index is 0.229. The van der Waals surface area contributed by atoms with E-state index in [-0.39, 0.29) is 5.78 Å².